The van der Waals surface area contributed by atoms with E-state index in [-0.39, 0.29) is 36.6 Å². The fourth-order valence-electron chi connectivity index (χ4n) is 4.64. The highest BCUT2D eigenvalue weighted by molar-refractivity contribution is 6.01. The third kappa shape index (κ3) is 6.44. The maximum absolute atomic E-state index is 13.2. The van der Waals surface area contributed by atoms with Crippen LogP contribution >= 0.6 is 0 Å². The zero-order valence-corrected chi connectivity index (χ0v) is 21.7. The molecule has 0 bridgehead atoms. The third-order valence-corrected chi connectivity index (χ3v) is 6.97. The number of carbonyl (C=O) groups excluding carboxylic acids is 2. The molecule has 0 saturated heterocycles. The maximum atomic E-state index is 13.2. The number of hydrogen-bond acceptors (Lipinski definition) is 6. The molecule has 3 aromatic rings. The molecule has 4 rings (SSSR count). The number of benzene rings is 2. The van der Waals surface area contributed by atoms with E-state index in [2.05, 4.69) is 15.6 Å². The van der Waals surface area contributed by atoms with Gasteiger partial charge in [-0.2, -0.15) is 0 Å². The molecule has 1 aromatic heterocycles. The highest BCUT2D eigenvalue weighted by Crippen LogP contribution is 2.24. The number of amides is 3. The fraction of sp³-hybridized carbons (Fsp3) is 0.481. The van der Waals surface area contributed by atoms with Crippen LogP contribution in [0, 0.1) is 5.92 Å². The quantitative estimate of drug-likeness (QED) is 0.548. The molecule has 0 spiro atoms. The van der Waals surface area contributed by atoms with Crippen molar-refractivity contribution in [3.8, 4) is 0 Å². The first kappa shape index (κ1) is 26.6. The molecule has 0 saturated carbocycles. The number of nitrogens with one attached hydrogen (secondary N) is 1. The molecule has 3 atom stereocenters. The van der Waals surface area contributed by atoms with Crippen molar-refractivity contribution in [2.75, 3.05) is 32.1 Å². The van der Waals surface area contributed by atoms with Crippen LogP contribution in [0.3, 0.4) is 0 Å². The summed E-state index contributed by atoms with van der Waals surface area (Å²) in [4.78, 5) is 29.5. The molecule has 1 aliphatic rings. The van der Waals surface area contributed by atoms with Gasteiger partial charge in [-0.1, -0.05) is 48.5 Å². The van der Waals surface area contributed by atoms with Crippen LogP contribution < -0.4 is 5.32 Å². The van der Waals surface area contributed by atoms with Gasteiger partial charge in [0.05, 0.1) is 42.9 Å². The monoisotopic (exact) mass is 508 g/mol. The number of anilines is 1. The Morgan fingerprint density at radius 2 is 2.05 bits per heavy atom. The smallest absolute Gasteiger partial charge is 0.321 e. The van der Waals surface area contributed by atoms with Gasteiger partial charge in [-0.25, -0.2) is 9.48 Å². The third-order valence-electron chi connectivity index (χ3n) is 6.97. The van der Waals surface area contributed by atoms with E-state index >= 15 is 0 Å². The van der Waals surface area contributed by atoms with E-state index in [1.807, 2.05) is 56.3 Å². The van der Waals surface area contributed by atoms with Crippen LogP contribution in [0.5, 0.6) is 0 Å². The lowest BCUT2D eigenvalue weighted by molar-refractivity contribution is -0.136. The Bertz CT molecular complexity index is 1210. The molecule has 2 aromatic carbocycles. The first-order valence-electron chi connectivity index (χ1n) is 12.8. The maximum Gasteiger partial charge on any atom is 0.321 e. The highest BCUT2D eigenvalue weighted by Gasteiger charge is 2.29. The Balaban J connectivity index is 1.52. The van der Waals surface area contributed by atoms with Gasteiger partial charge < -0.3 is 25.0 Å². The van der Waals surface area contributed by atoms with Crippen LogP contribution in [0.4, 0.5) is 10.5 Å². The number of fused-ring (bicyclic) bond motifs is 2. The fourth-order valence-corrected chi connectivity index (χ4v) is 4.64. The molecule has 3 amide bonds. The summed E-state index contributed by atoms with van der Waals surface area (Å²) in [6, 6.07) is 13.2. The topological polar surface area (TPSA) is 113 Å². The summed E-state index contributed by atoms with van der Waals surface area (Å²) >= 11 is 0. The minimum absolute atomic E-state index is 0.0172. The Morgan fingerprint density at radius 1 is 1.27 bits per heavy atom. The lowest BCUT2D eigenvalue weighted by atomic mass is 10.0. The van der Waals surface area contributed by atoms with Crippen molar-refractivity contribution < 1.29 is 19.4 Å². The van der Waals surface area contributed by atoms with Gasteiger partial charge in [0.25, 0.3) is 0 Å². The van der Waals surface area contributed by atoms with Gasteiger partial charge in [0, 0.05) is 44.4 Å². The van der Waals surface area contributed by atoms with Crippen LogP contribution in [0.15, 0.2) is 48.7 Å². The minimum atomic E-state index is -0.368. The number of likely N-dealkylation sites (N-methyl/N-ethyl adjacent to an activating group) is 1. The lowest BCUT2D eigenvalue weighted by Crippen LogP contribution is -2.48. The molecule has 0 unspecified atom stereocenters. The Kier molecular flexibility index (Phi) is 8.73. The standard InChI is InChI=1S/C27H36N6O4/c1-19-15-32(20(2)17-34)26(35)12-7-13-33-22(14-28-30-33)18-37-25(19)16-31(3)27(36)29-24-11-6-9-21-8-4-5-10-23(21)24/h4-6,8-11,14,19-20,25,34H,7,12-13,15-18H2,1-3H3,(H,29,36)/t19-,20-,25-/m0/s1. The van der Waals surface area contributed by atoms with Gasteiger partial charge in [0.1, 0.15) is 0 Å². The highest BCUT2D eigenvalue weighted by atomic mass is 16.5. The molecule has 0 fully saturated rings. The molecular formula is C27H36N6O4. The van der Waals surface area contributed by atoms with Gasteiger partial charge >= 0.3 is 6.03 Å². The summed E-state index contributed by atoms with van der Waals surface area (Å²) in [5.74, 6) is -0.119. The number of aliphatic hydroxyl groups excluding tert-OH is 1. The normalized spacial score (nSPS) is 20.0. The molecule has 0 radical (unpaired) electrons. The number of rotatable bonds is 5. The van der Waals surface area contributed by atoms with E-state index in [0.29, 0.717) is 39.1 Å². The van der Waals surface area contributed by atoms with Crippen molar-refractivity contribution in [2.24, 2.45) is 5.92 Å². The van der Waals surface area contributed by atoms with E-state index < -0.39 is 0 Å². The van der Waals surface area contributed by atoms with E-state index in [1.54, 1.807) is 27.7 Å². The predicted molar refractivity (Wildman–Crippen MR) is 141 cm³/mol. The van der Waals surface area contributed by atoms with E-state index in [1.165, 1.54) is 0 Å². The summed E-state index contributed by atoms with van der Waals surface area (Å²) in [6.45, 7) is 5.31. The second-order valence-corrected chi connectivity index (χ2v) is 9.79. The van der Waals surface area contributed by atoms with Crippen LogP contribution in [-0.2, 0) is 22.7 Å². The van der Waals surface area contributed by atoms with Gasteiger partial charge in [-0.3, -0.25) is 4.79 Å². The first-order chi connectivity index (χ1) is 17.9. The molecule has 0 aliphatic carbocycles. The van der Waals surface area contributed by atoms with Crippen LogP contribution in [-0.4, -0.2) is 80.7 Å². The minimum Gasteiger partial charge on any atom is -0.394 e. The predicted octanol–water partition coefficient (Wildman–Crippen LogP) is 3.12. The van der Waals surface area contributed by atoms with Gasteiger partial charge in [-0.15, -0.1) is 5.10 Å². The summed E-state index contributed by atoms with van der Waals surface area (Å²) in [7, 11) is 1.73. The number of aliphatic hydroxyl groups is 1. The molecule has 10 heteroatoms. The largest absolute Gasteiger partial charge is 0.394 e. The zero-order chi connectivity index (χ0) is 26.4. The molecule has 2 N–H and O–H groups in total. The summed E-state index contributed by atoms with van der Waals surface area (Å²) in [6.07, 6.45) is 2.28. The number of hydrogen-bond donors (Lipinski definition) is 2. The lowest BCUT2D eigenvalue weighted by Gasteiger charge is -2.35. The number of ether oxygens (including phenoxy) is 1. The number of aryl methyl sites for hydroxylation is 1. The van der Waals surface area contributed by atoms with Crippen molar-refractivity contribution in [3.63, 3.8) is 0 Å². The van der Waals surface area contributed by atoms with Crippen molar-refractivity contribution in [2.45, 2.75) is 52.0 Å². The van der Waals surface area contributed by atoms with Crippen LogP contribution in [0.1, 0.15) is 32.4 Å². The van der Waals surface area contributed by atoms with Crippen molar-refractivity contribution in [1.82, 2.24) is 24.8 Å². The van der Waals surface area contributed by atoms with Gasteiger partial charge in [0.2, 0.25) is 5.91 Å². The summed E-state index contributed by atoms with van der Waals surface area (Å²) in [5, 5.41) is 22.9. The molecule has 1 aliphatic heterocycles. The summed E-state index contributed by atoms with van der Waals surface area (Å²) in [5.41, 5.74) is 1.57. The molecule has 10 nitrogen and oxygen atoms in total. The van der Waals surface area contributed by atoms with Crippen LogP contribution in [0.25, 0.3) is 10.8 Å². The van der Waals surface area contributed by atoms with E-state index in [4.69, 9.17) is 4.74 Å². The van der Waals surface area contributed by atoms with Crippen molar-refractivity contribution in [1.29, 1.82) is 0 Å². The van der Waals surface area contributed by atoms with E-state index in [9.17, 15) is 14.7 Å². The van der Waals surface area contributed by atoms with Crippen LogP contribution in [0.2, 0.25) is 0 Å². The number of urea groups is 1. The Hall–Kier alpha value is -3.50. The summed E-state index contributed by atoms with van der Waals surface area (Å²) < 4.78 is 8.08. The number of carbonyl (C=O) groups is 2. The zero-order valence-electron chi connectivity index (χ0n) is 21.7. The van der Waals surface area contributed by atoms with Crippen molar-refractivity contribution >= 4 is 28.4 Å². The SMILES string of the molecule is C[C@H]1CN([C@@H](C)CO)C(=O)CCCn2nncc2CO[C@H]1CN(C)C(=O)Nc1cccc2ccccc12. The molecular weight excluding hydrogens is 472 g/mol. The van der Waals surface area contributed by atoms with Gasteiger partial charge in [-0.05, 0) is 24.8 Å². The average Bonchev–Trinajstić information content (AvgIpc) is 3.35. The number of aromatic nitrogens is 3. The first-order valence-corrected chi connectivity index (χ1v) is 12.8. The Morgan fingerprint density at radius 3 is 2.86 bits per heavy atom. The average molecular weight is 509 g/mol. The molecule has 198 valence electrons. The molecule has 2 heterocycles. The molecule has 37 heavy (non-hydrogen) atoms. The Labute approximate surface area is 217 Å². The number of nitrogens with zero attached hydrogens (tertiary/aromatic N) is 5. The second kappa shape index (κ2) is 12.2. The van der Waals surface area contributed by atoms with E-state index in [0.717, 1.165) is 22.2 Å². The second-order valence-electron chi connectivity index (χ2n) is 9.79. The van der Waals surface area contributed by atoms with Crippen molar-refractivity contribution in [3.05, 3.63) is 54.4 Å². The van der Waals surface area contributed by atoms with Gasteiger partial charge in [0.15, 0.2) is 0 Å².